The van der Waals surface area contributed by atoms with E-state index in [0.29, 0.717) is 23.3 Å². The van der Waals surface area contributed by atoms with Crippen molar-refractivity contribution in [2.24, 2.45) is 0 Å². The summed E-state index contributed by atoms with van der Waals surface area (Å²) in [7, 11) is 0. The summed E-state index contributed by atoms with van der Waals surface area (Å²) in [4.78, 5) is 4.59. The molecule has 0 saturated heterocycles. The van der Waals surface area contributed by atoms with Gasteiger partial charge in [0.1, 0.15) is 5.60 Å². The van der Waals surface area contributed by atoms with Gasteiger partial charge in [0, 0.05) is 6.61 Å². The lowest BCUT2D eigenvalue weighted by Gasteiger charge is -2.29. The van der Waals surface area contributed by atoms with E-state index in [9.17, 15) is 0 Å². The molecule has 0 amide bonds. The summed E-state index contributed by atoms with van der Waals surface area (Å²) in [5.74, 6) is 1.17. The van der Waals surface area contributed by atoms with Crippen molar-refractivity contribution < 1.29 is 9.26 Å². The monoisotopic (exact) mass is 307 g/mol. The molecule has 5 nitrogen and oxygen atoms in total. The molecule has 21 heavy (non-hydrogen) atoms. The summed E-state index contributed by atoms with van der Waals surface area (Å²) in [6.07, 6.45) is 6.70. The fourth-order valence-corrected chi connectivity index (χ4v) is 3.66. The Balaban J connectivity index is 1.93. The fourth-order valence-electron chi connectivity index (χ4n) is 3.02. The second kappa shape index (κ2) is 6.15. The molecule has 1 fully saturated rings. The smallest absolute Gasteiger partial charge is 0.261 e. The van der Waals surface area contributed by atoms with Crippen molar-refractivity contribution >= 4 is 16.3 Å². The average molecular weight is 307 g/mol. The predicted molar refractivity (Wildman–Crippen MR) is 83.0 cm³/mol. The molecule has 0 atom stereocenters. The number of anilines is 1. The molecule has 2 N–H and O–H groups in total. The van der Waals surface area contributed by atoms with Crippen molar-refractivity contribution in [3.05, 3.63) is 17.3 Å². The van der Waals surface area contributed by atoms with Crippen LogP contribution in [0, 0.1) is 0 Å². The van der Waals surface area contributed by atoms with E-state index in [-0.39, 0.29) is 0 Å². The molecule has 1 aliphatic rings. The van der Waals surface area contributed by atoms with E-state index in [0.717, 1.165) is 31.2 Å². The van der Waals surface area contributed by atoms with Gasteiger partial charge in [0.2, 0.25) is 5.82 Å². The Kier molecular flexibility index (Phi) is 4.26. The minimum atomic E-state index is -0.391. The van der Waals surface area contributed by atoms with Gasteiger partial charge in [-0.3, -0.25) is 0 Å². The number of thiophene rings is 1. The highest BCUT2D eigenvalue weighted by atomic mass is 32.1. The average Bonchev–Trinajstić information content (AvgIpc) is 3.05. The van der Waals surface area contributed by atoms with Crippen LogP contribution in [0.2, 0.25) is 0 Å². The van der Waals surface area contributed by atoms with Crippen molar-refractivity contribution in [3.63, 3.8) is 0 Å². The zero-order chi connectivity index (χ0) is 14.7. The number of rotatable bonds is 4. The minimum absolute atomic E-state index is 0.391. The minimum Gasteiger partial charge on any atom is -0.390 e. The highest BCUT2D eigenvalue weighted by Gasteiger charge is 2.38. The number of nitrogens with zero attached hydrogens (tertiary/aromatic N) is 2. The van der Waals surface area contributed by atoms with Gasteiger partial charge in [-0.05, 0) is 31.2 Å². The van der Waals surface area contributed by atoms with Crippen LogP contribution in [0.15, 0.2) is 16.0 Å². The Bertz CT molecular complexity index is 585. The van der Waals surface area contributed by atoms with Gasteiger partial charge in [0.25, 0.3) is 5.89 Å². The molecule has 2 aromatic heterocycles. The summed E-state index contributed by atoms with van der Waals surface area (Å²) in [5, 5.41) is 6.84. The van der Waals surface area contributed by atoms with E-state index in [1.165, 1.54) is 24.2 Å². The first-order valence-electron chi connectivity index (χ1n) is 7.57. The lowest BCUT2D eigenvalue weighted by Crippen LogP contribution is -2.30. The van der Waals surface area contributed by atoms with E-state index >= 15 is 0 Å². The molecular weight excluding hydrogens is 286 g/mol. The third-order valence-electron chi connectivity index (χ3n) is 4.09. The predicted octanol–water partition coefficient (Wildman–Crippen LogP) is 3.97. The topological polar surface area (TPSA) is 74.2 Å². The third kappa shape index (κ3) is 2.82. The van der Waals surface area contributed by atoms with Crippen molar-refractivity contribution in [2.75, 3.05) is 12.3 Å². The van der Waals surface area contributed by atoms with Crippen LogP contribution in [-0.4, -0.2) is 16.7 Å². The van der Waals surface area contributed by atoms with Crippen LogP contribution in [0.5, 0.6) is 0 Å². The van der Waals surface area contributed by atoms with Gasteiger partial charge in [-0.25, -0.2) is 0 Å². The largest absolute Gasteiger partial charge is 0.390 e. The van der Waals surface area contributed by atoms with Gasteiger partial charge in [0.15, 0.2) is 0 Å². The number of hydrogen-bond donors (Lipinski definition) is 1. The van der Waals surface area contributed by atoms with Crippen molar-refractivity contribution in [3.8, 4) is 11.5 Å². The normalized spacial score (nSPS) is 18.5. The van der Waals surface area contributed by atoms with Crippen LogP contribution in [0.3, 0.4) is 0 Å². The molecule has 3 rings (SSSR count). The first kappa shape index (κ1) is 14.5. The standard InChI is InChI=1S/C15H21N3O2S/c1-2-19-15(8-5-3-4-6-9-15)14-17-13(20-18-14)11-7-10-21-12(11)16/h7,10H,2-6,8-9,16H2,1H3. The second-order valence-corrected chi connectivity index (χ2v) is 6.41. The molecule has 1 saturated carbocycles. The molecule has 6 heteroatoms. The van der Waals surface area contributed by atoms with Gasteiger partial charge in [-0.1, -0.05) is 30.8 Å². The highest BCUT2D eigenvalue weighted by Crippen LogP contribution is 2.39. The second-order valence-electron chi connectivity index (χ2n) is 5.46. The summed E-state index contributed by atoms with van der Waals surface area (Å²) in [6.45, 7) is 2.68. The molecule has 114 valence electrons. The lowest BCUT2D eigenvalue weighted by atomic mass is 9.93. The van der Waals surface area contributed by atoms with Crippen molar-refractivity contribution in [1.29, 1.82) is 0 Å². The number of nitrogens with two attached hydrogens (primary N) is 1. The molecule has 2 heterocycles. The van der Waals surface area contributed by atoms with Crippen LogP contribution in [-0.2, 0) is 10.3 Å². The van der Waals surface area contributed by atoms with E-state index in [2.05, 4.69) is 10.1 Å². The Morgan fingerprint density at radius 2 is 2.10 bits per heavy atom. The van der Waals surface area contributed by atoms with E-state index in [1.807, 2.05) is 18.4 Å². The van der Waals surface area contributed by atoms with Crippen LogP contribution < -0.4 is 5.73 Å². The quantitative estimate of drug-likeness (QED) is 0.865. The van der Waals surface area contributed by atoms with Gasteiger partial charge in [-0.2, -0.15) is 4.98 Å². The Morgan fingerprint density at radius 3 is 2.71 bits per heavy atom. The number of aromatic nitrogens is 2. The first-order chi connectivity index (χ1) is 10.2. The molecule has 1 aliphatic carbocycles. The summed E-state index contributed by atoms with van der Waals surface area (Å²) < 4.78 is 11.5. The van der Waals surface area contributed by atoms with Crippen LogP contribution in [0.1, 0.15) is 51.3 Å². The summed E-state index contributed by atoms with van der Waals surface area (Å²) in [5.41, 5.74) is 6.36. The zero-order valence-corrected chi connectivity index (χ0v) is 13.1. The number of ether oxygens (including phenoxy) is 1. The SMILES string of the molecule is CCOC1(c2noc(-c3ccsc3N)n2)CCCCCC1. The Morgan fingerprint density at radius 1 is 1.33 bits per heavy atom. The molecule has 2 aromatic rings. The Hall–Kier alpha value is -1.40. The molecule has 0 aromatic carbocycles. The lowest BCUT2D eigenvalue weighted by molar-refractivity contribution is -0.0636. The van der Waals surface area contributed by atoms with Gasteiger partial charge in [0.05, 0.1) is 10.6 Å². The fraction of sp³-hybridized carbons (Fsp3) is 0.600. The van der Waals surface area contributed by atoms with E-state index < -0.39 is 5.60 Å². The highest BCUT2D eigenvalue weighted by molar-refractivity contribution is 7.14. The third-order valence-corrected chi connectivity index (χ3v) is 4.84. The van der Waals surface area contributed by atoms with Crippen LogP contribution in [0.25, 0.3) is 11.5 Å². The summed E-state index contributed by atoms with van der Waals surface area (Å²) in [6, 6.07) is 1.91. The van der Waals surface area contributed by atoms with Crippen LogP contribution >= 0.6 is 11.3 Å². The maximum absolute atomic E-state index is 6.08. The summed E-state index contributed by atoms with van der Waals surface area (Å²) >= 11 is 1.48. The van der Waals surface area contributed by atoms with Gasteiger partial charge >= 0.3 is 0 Å². The molecule has 0 spiro atoms. The molecule has 0 aliphatic heterocycles. The molecule has 0 bridgehead atoms. The Labute approximate surface area is 128 Å². The van der Waals surface area contributed by atoms with Crippen LogP contribution in [0.4, 0.5) is 5.00 Å². The number of nitrogen functional groups attached to an aromatic ring is 1. The van der Waals surface area contributed by atoms with Crippen molar-refractivity contribution in [1.82, 2.24) is 10.1 Å². The maximum atomic E-state index is 6.08. The zero-order valence-electron chi connectivity index (χ0n) is 12.3. The van der Waals surface area contributed by atoms with E-state index in [4.69, 9.17) is 15.0 Å². The van der Waals surface area contributed by atoms with Gasteiger partial charge < -0.3 is 15.0 Å². The first-order valence-corrected chi connectivity index (χ1v) is 8.44. The molecular formula is C15H21N3O2S. The van der Waals surface area contributed by atoms with Gasteiger partial charge in [-0.15, -0.1) is 11.3 Å². The number of hydrogen-bond acceptors (Lipinski definition) is 6. The maximum Gasteiger partial charge on any atom is 0.261 e. The molecule has 0 radical (unpaired) electrons. The van der Waals surface area contributed by atoms with Crippen molar-refractivity contribution in [2.45, 2.75) is 51.0 Å². The molecule has 0 unspecified atom stereocenters. The van der Waals surface area contributed by atoms with E-state index in [1.54, 1.807) is 0 Å².